The van der Waals surface area contributed by atoms with Gasteiger partial charge in [0.2, 0.25) is 11.8 Å². The smallest absolute Gasteiger partial charge is 0.340 e. The number of hydrogen-bond acceptors (Lipinski definition) is 6. The van der Waals surface area contributed by atoms with Gasteiger partial charge >= 0.3 is 5.97 Å². The summed E-state index contributed by atoms with van der Waals surface area (Å²) in [5.41, 5.74) is 0.655. The number of nitrogens with zero attached hydrogens (tertiary/aromatic N) is 2. The van der Waals surface area contributed by atoms with Crippen molar-refractivity contribution in [3.05, 3.63) is 53.6 Å². The molecule has 2 aliphatic rings. The van der Waals surface area contributed by atoms with Crippen molar-refractivity contribution in [1.29, 1.82) is 0 Å². The second-order valence-corrected chi connectivity index (χ2v) is 8.12. The Morgan fingerprint density at radius 1 is 1.12 bits per heavy atom. The van der Waals surface area contributed by atoms with Crippen LogP contribution in [0, 0.1) is 0 Å². The average Bonchev–Trinajstić information content (AvgIpc) is 3.13. The number of carbonyl (C=O) groups excluding carboxylic acids is 4. The van der Waals surface area contributed by atoms with Gasteiger partial charge in [0.15, 0.2) is 0 Å². The molecule has 2 aliphatic heterocycles. The van der Waals surface area contributed by atoms with Gasteiger partial charge in [-0.2, -0.15) is 0 Å². The molecule has 4 rings (SSSR count). The normalized spacial score (nSPS) is 19.1. The van der Waals surface area contributed by atoms with E-state index in [2.05, 4.69) is 5.32 Å². The van der Waals surface area contributed by atoms with Gasteiger partial charge in [-0.05, 0) is 43.7 Å². The Bertz CT molecular complexity index is 1150. The number of hydrogen-bond donors (Lipinski definition) is 1. The van der Waals surface area contributed by atoms with E-state index in [0.29, 0.717) is 29.8 Å². The van der Waals surface area contributed by atoms with E-state index in [9.17, 15) is 19.2 Å². The summed E-state index contributed by atoms with van der Waals surface area (Å²) in [6.07, 6.45) is 0.797. The number of amides is 3. The molecular formula is C24H25N3O6. The number of carbonyl (C=O) groups is 4. The molecule has 3 amide bonds. The van der Waals surface area contributed by atoms with Gasteiger partial charge in [0, 0.05) is 19.4 Å². The zero-order valence-electron chi connectivity index (χ0n) is 18.7. The van der Waals surface area contributed by atoms with E-state index in [4.69, 9.17) is 9.47 Å². The summed E-state index contributed by atoms with van der Waals surface area (Å²) < 4.78 is 9.93. The summed E-state index contributed by atoms with van der Waals surface area (Å²) >= 11 is 0. The van der Waals surface area contributed by atoms with Crippen LogP contribution >= 0.6 is 0 Å². The van der Waals surface area contributed by atoms with Gasteiger partial charge in [0.1, 0.15) is 11.4 Å². The molecule has 0 spiro atoms. The lowest BCUT2D eigenvalue weighted by Gasteiger charge is -2.48. The van der Waals surface area contributed by atoms with Gasteiger partial charge in [0.05, 0.1) is 36.7 Å². The highest BCUT2D eigenvalue weighted by molar-refractivity contribution is 6.10. The lowest BCUT2D eigenvalue weighted by Crippen LogP contribution is -2.62. The van der Waals surface area contributed by atoms with Crippen molar-refractivity contribution in [2.45, 2.75) is 31.8 Å². The Morgan fingerprint density at radius 3 is 2.61 bits per heavy atom. The van der Waals surface area contributed by atoms with Crippen molar-refractivity contribution in [1.82, 2.24) is 4.90 Å². The molecule has 172 valence electrons. The Labute approximate surface area is 191 Å². The predicted molar refractivity (Wildman–Crippen MR) is 120 cm³/mol. The molecule has 2 heterocycles. The van der Waals surface area contributed by atoms with Crippen molar-refractivity contribution in [3.8, 4) is 5.75 Å². The van der Waals surface area contributed by atoms with Gasteiger partial charge < -0.3 is 19.7 Å². The number of ether oxygens (including phenoxy) is 2. The lowest BCUT2D eigenvalue weighted by molar-refractivity contribution is -0.117. The second-order valence-electron chi connectivity index (χ2n) is 8.12. The van der Waals surface area contributed by atoms with Crippen LogP contribution in [-0.4, -0.2) is 55.0 Å². The van der Waals surface area contributed by atoms with Gasteiger partial charge in [0.25, 0.3) is 5.91 Å². The SMILES string of the molecule is COC(=O)c1cc(OC)ccc1NC(=O)CCN1C(=O)c2ccccc2N2C(=O)CCC12C. The van der Waals surface area contributed by atoms with Crippen LogP contribution in [0.1, 0.15) is 46.9 Å². The first kappa shape index (κ1) is 22.3. The molecule has 2 aromatic carbocycles. The highest BCUT2D eigenvalue weighted by Crippen LogP contribution is 2.44. The molecule has 9 heteroatoms. The third-order valence-electron chi connectivity index (χ3n) is 6.21. The molecule has 0 aliphatic carbocycles. The minimum atomic E-state index is -0.833. The monoisotopic (exact) mass is 451 g/mol. The van der Waals surface area contributed by atoms with Gasteiger partial charge in [-0.1, -0.05) is 12.1 Å². The molecule has 0 aromatic heterocycles. The summed E-state index contributed by atoms with van der Waals surface area (Å²) in [4.78, 5) is 54.1. The Balaban J connectivity index is 1.54. The summed E-state index contributed by atoms with van der Waals surface area (Å²) in [5, 5.41) is 2.72. The highest BCUT2D eigenvalue weighted by atomic mass is 16.5. The van der Waals surface area contributed by atoms with Crippen molar-refractivity contribution >= 4 is 35.1 Å². The second kappa shape index (κ2) is 8.57. The van der Waals surface area contributed by atoms with Crippen LogP contribution in [-0.2, 0) is 14.3 Å². The van der Waals surface area contributed by atoms with Gasteiger partial charge in [-0.25, -0.2) is 4.79 Å². The number of para-hydroxylation sites is 1. The first-order chi connectivity index (χ1) is 15.8. The number of rotatable bonds is 6. The third kappa shape index (κ3) is 3.79. The van der Waals surface area contributed by atoms with Crippen LogP contribution in [0.4, 0.5) is 11.4 Å². The van der Waals surface area contributed by atoms with E-state index >= 15 is 0 Å². The first-order valence-electron chi connectivity index (χ1n) is 10.6. The van der Waals surface area contributed by atoms with E-state index in [-0.39, 0.29) is 41.9 Å². The maximum absolute atomic E-state index is 13.3. The minimum absolute atomic E-state index is 0.0157. The molecule has 0 radical (unpaired) electrons. The summed E-state index contributed by atoms with van der Waals surface area (Å²) in [5.74, 6) is -0.805. The van der Waals surface area contributed by atoms with Crippen molar-refractivity contribution in [2.75, 3.05) is 31.0 Å². The average molecular weight is 451 g/mol. The summed E-state index contributed by atoms with van der Waals surface area (Å²) in [7, 11) is 2.72. The van der Waals surface area contributed by atoms with E-state index in [1.807, 2.05) is 6.92 Å². The number of benzene rings is 2. The molecule has 1 N–H and O–H groups in total. The van der Waals surface area contributed by atoms with Gasteiger partial charge in [-0.15, -0.1) is 0 Å². The van der Waals surface area contributed by atoms with Crippen LogP contribution in [0.2, 0.25) is 0 Å². The third-order valence-corrected chi connectivity index (χ3v) is 6.21. The van der Waals surface area contributed by atoms with Crippen molar-refractivity contribution < 1.29 is 28.7 Å². The summed E-state index contributed by atoms with van der Waals surface area (Å²) in [6.45, 7) is 1.96. The molecule has 1 unspecified atom stereocenters. The number of esters is 1. The van der Waals surface area contributed by atoms with E-state index < -0.39 is 11.6 Å². The maximum Gasteiger partial charge on any atom is 0.340 e. The van der Waals surface area contributed by atoms with E-state index in [1.54, 1.807) is 46.2 Å². The lowest BCUT2D eigenvalue weighted by atomic mass is 9.98. The van der Waals surface area contributed by atoms with Crippen molar-refractivity contribution in [3.63, 3.8) is 0 Å². The number of anilines is 2. The predicted octanol–water partition coefficient (Wildman–Crippen LogP) is 2.81. The fourth-order valence-electron chi connectivity index (χ4n) is 4.51. The topological polar surface area (TPSA) is 105 Å². The van der Waals surface area contributed by atoms with Crippen molar-refractivity contribution in [2.24, 2.45) is 0 Å². The van der Waals surface area contributed by atoms with Crippen LogP contribution in [0.25, 0.3) is 0 Å². The zero-order valence-corrected chi connectivity index (χ0v) is 18.7. The zero-order chi connectivity index (χ0) is 23.8. The molecule has 33 heavy (non-hydrogen) atoms. The maximum atomic E-state index is 13.3. The fraction of sp³-hybridized carbons (Fsp3) is 0.333. The Morgan fingerprint density at radius 2 is 1.88 bits per heavy atom. The van der Waals surface area contributed by atoms with E-state index in [0.717, 1.165) is 0 Å². The highest BCUT2D eigenvalue weighted by Gasteiger charge is 2.52. The summed E-state index contributed by atoms with van der Waals surface area (Å²) in [6, 6.07) is 11.7. The Hall–Kier alpha value is -3.88. The molecule has 9 nitrogen and oxygen atoms in total. The van der Waals surface area contributed by atoms with Crippen LogP contribution in [0.5, 0.6) is 5.75 Å². The standard InChI is InChI=1S/C24H25N3O6/c1-24-12-10-21(29)27(24)19-7-5-4-6-16(19)22(30)26(24)13-11-20(28)25-18-9-8-15(32-2)14-17(18)23(31)33-3/h4-9,14H,10-13H2,1-3H3,(H,25,28). The fourth-order valence-corrected chi connectivity index (χ4v) is 4.51. The largest absolute Gasteiger partial charge is 0.497 e. The first-order valence-corrected chi connectivity index (χ1v) is 10.6. The molecule has 1 saturated heterocycles. The molecule has 0 saturated carbocycles. The minimum Gasteiger partial charge on any atom is -0.497 e. The number of methoxy groups -OCH3 is 2. The van der Waals surface area contributed by atoms with E-state index in [1.165, 1.54) is 20.3 Å². The molecular weight excluding hydrogens is 426 g/mol. The number of nitrogens with one attached hydrogen (secondary N) is 1. The van der Waals surface area contributed by atoms with Crippen LogP contribution < -0.4 is 15.0 Å². The quantitative estimate of drug-likeness (QED) is 0.677. The number of fused-ring (bicyclic) bond motifs is 3. The molecule has 1 atom stereocenters. The molecule has 0 bridgehead atoms. The van der Waals surface area contributed by atoms with Crippen LogP contribution in [0.3, 0.4) is 0 Å². The van der Waals surface area contributed by atoms with Crippen LogP contribution in [0.15, 0.2) is 42.5 Å². The van der Waals surface area contributed by atoms with Gasteiger partial charge in [-0.3, -0.25) is 19.3 Å². The molecule has 1 fully saturated rings. The Kier molecular flexibility index (Phi) is 5.80. The molecule has 2 aromatic rings.